The summed E-state index contributed by atoms with van der Waals surface area (Å²) in [6, 6.07) is 5.66. The lowest BCUT2D eigenvalue weighted by Crippen LogP contribution is -2.04. The van der Waals surface area contributed by atoms with Crippen molar-refractivity contribution in [1.29, 1.82) is 0 Å². The quantitative estimate of drug-likeness (QED) is 0.832. The minimum absolute atomic E-state index is 0.478. The van der Waals surface area contributed by atoms with Crippen LogP contribution >= 0.6 is 35.0 Å². The number of thioether (sulfide) groups is 1. The highest BCUT2D eigenvalue weighted by atomic mass is 35.5. The van der Waals surface area contributed by atoms with Gasteiger partial charge in [-0.2, -0.15) is 0 Å². The van der Waals surface area contributed by atoms with E-state index in [1.165, 1.54) is 24.6 Å². The molecular formula is C14H15Cl2N3OS. The summed E-state index contributed by atoms with van der Waals surface area (Å²) in [6.45, 7) is 1.96. The van der Waals surface area contributed by atoms with E-state index in [4.69, 9.17) is 23.2 Å². The van der Waals surface area contributed by atoms with Crippen molar-refractivity contribution in [2.24, 2.45) is 0 Å². The maximum Gasteiger partial charge on any atom is 0.191 e. The highest BCUT2D eigenvalue weighted by molar-refractivity contribution is 7.99. The molecule has 0 spiro atoms. The average molecular weight is 344 g/mol. The Bertz CT molecular complexity index is 658. The molecule has 1 aliphatic rings. The van der Waals surface area contributed by atoms with Crippen LogP contribution in [0.3, 0.4) is 0 Å². The molecule has 1 aromatic heterocycles. The van der Waals surface area contributed by atoms with E-state index in [0.29, 0.717) is 27.4 Å². The zero-order valence-electron chi connectivity index (χ0n) is 11.5. The molecule has 1 saturated carbocycles. The van der Waals surface area contributed by atoms with E-state index < -0.39 is 6.10 Å². The molecule has 0 amide bonds. The van der Waals surface area contributed by atoms with Crippen LogP contribution in [0.4, 0.5) is 0 Å². The average Bonchev–Trinajstić information content (AvgIpc) is 3.20. The van der Waals surface area contributed by atoms with Gasteiger partial charge in [0.1, 0.15) is 5.82 Å². The molecule has 2 aromatic rings. The number of halogens is 2. The largest absolute Gasteiger partial charge is 0.387 e. The summed E-state index contributed by atoms with van der Waals surface area (Å²) in [7, 11) is 0. The Morgan fingerprint density at radius 2 is 2.14 bits per heavy atom. The van der Waals surface area contributed by atoms with Gasteiger partial charge in [0.25, 0.3) is 0 Å². The molecule has 1 fully saturated rings. The Morgan fingerprint density at radius 1 is 1.38 bits per heavy atom. The van der Waals surface area contributed by atoms with Crippen LogP contribution in [0, 0.1) is 6.92 Å². The fourth-order valence-electron chi connectivity index (χ4n) is 2.22. The van der Waals surface area contributed by atoms with Crippen LogP contribution in [0.2, 0.25) is 10.0 Å². The van der Waals surface area contributed by atoms with Crippen LogP contribution in [-0.2, 0) is 0 Å². The van der Waals surface area contributed by atoms with Crippen LogP contribution in [0.15, 0.2) is 23.4 Å². The van der Waals surface area contributed by atoms with Gasteiger partial charge in [0.2, 0.25) is 0 Å². The molecule has 0 bridgehead atoms. The molecule has 1 aromatic carbocycles. The first-order valence-electron chi connectivity index (χ1n) is 6.73. The molecule has 0 aliphatic heterocycles. The lowest BCUT2D eigenvalue weighted by molar-refractivity contribution is 0.204. The maximum absolute atomic E-state index is 10.3. The number of rotatable bonds is 5. The summed E-state index contributed by atoms with van der Waals surface area (Å²) in [6.07, 6.45) is 1.69. The Kier molecular flexibility index (Phi) is 4.45. The van der Waals surface area contributed by atoms with Crippen LogP contribution in [0.1, 0.15) is 36.4 Å². The molecule has 0 radical (unpaired) electrons. The molecule has 1 heterocycles. The lowest BCUT2D eigenvalue weighted by atomic mass is 10.1. The van der Waals surface area contributed by atoms with Gasteiger partial charge in [0.15, 0.2) is 5.16 Å². The zero-order chi connectivity index (χ0) is 15.0. The van der Waals surface area contributed by atoms with E-state index in [1.54, 1.807) is 18.2 Å². The fraction of sp³-hybridized carbons (Fsp3) is 0.429. The Morgan fingerprint density at radius 3 is 2.81 bits per heavy atom. The summed E-state index contributed by atoms with van der Waals surface area (Å²) in [5.41, 5.74) is 0.683. The van der Waals surface area contributed by atoms with Crippen LogP contribution < -0.4 is 0 Å². The van der Waals surface area contributed by atoms with Gasteiger partial charge >= 0.3 is 0 Å². The minimum Gasteiger partial charge on any atom is -0.387 e. The SMILES string of the molecule is Cc1nnc(SCC(O)c2ccc(Cl)cc2Cl)n1C1CC1. The van der Waals surface area contributed by atoms with E-state index in [9.17, 15) is 5.11 Å². The predicted octanol–water partition coefficient (Wildman–Crippen LogP) is 4.05. The number of aryl methyl sites for hydroxylation is 1. The van der Waals surface area contributed by atoms with Crippen molar-refractivity contribution in [3.63, 3.8) is 0 Å². The molecule has 3 rings (SSSR count). The van der Waals surface area contributed by atoms with Gasteiger partial charge in [-0.1, -0.05) is 41.0 Å². The number of benzene rings is 1. The van der Waals surface area contributed by atoms with Crippen molar-refractivity contribution >= 4 is 35.0 Å². The zero-order valence-corrected chi connectivity index (χ0v) is 13.8. The third-order valence-corrected chi connectivity index (χ3v) is 5.02. The number of aliphatic hydroxyl groups excluding tert-OH is 1. The smallest absolute Gasteiger partial charge is 0.191 e. The summed E-state index contributed by atoms with van der Waals surface area (Å²) in [4.78, 5) is 0. The molecule has 112 valence electrons. The second-order valence-electron chi connectivity index (χ2n) is 5.12. The van der Waals surface area contributed by atoms with Crippen LogP contribution in [0.5, 0.6) is 0 Å². The Labute approximate surface area is 137 Å². The molecule has 1 atom stereocenters. The van der Waals surface area contributed by atoms with Crippen molar-refractivity contribution < 1.29 is 5.11 Å². The third-order valence-electron chi connectivity index (χ3n) is 3.44. The third kappa shape index (κ3) is 3.37. The fourth-order valence-corrected chi connectivity index (χ4v) is 3.76. The van der Waals surface area contributed by atoms with Crippen molar-refractivity contribution in [2.45, 2.75) is 37.1 Å². The molecular weight excluding hydrogens is 329 g/mol. The highest BCUT2D eigenvalue weighted by Crippen LogP contribution is 2.39. The van der Waals surface area contributed by atoms with Gasteiger partial charge in [0, 0.05) is 27.4 Å². The van der Waals surface area contributed by atoms with E-state index in [2.05, 4.69) is 14.8 Å². The molecule has 0 saturated heterocycles. The van der Waals surface area contributed by atoms with Gasteiger partial charge in [0.05, 0.1) is 6.10 Å². The first kappa shape index (κ1) is 15.2. The highest BCUT2D eigenvalue weighted by Gasteiger charge is 2.28. The van der Waals surface area contributed by atoms with E-state index in [1.807, 2.05) is 6.92 Å². The first-order valence-corrected chi connectivity index (χ1v) is 8.47. The van der Waals surface area contributed by atoms with Crippen LogP contribution in [0.25, 0.3) is 0 Å². The minimum atomic E-state index is -0.663. The van der Waals surface area contributed by atoms with Gasteiger partial charge in [-0.3, -0.25) is 0 Å². The van der Waals surface area contributed by atoms with Gasteiger partial charge in [-0.25, -0.2) is 0 Å². The summed E-state index contributed by atoms with van der Waals surface area (Å²) in [5.74, 6) is 1.41. The standard InChI is InChI=1S/C14H15Cl2N3OS/c1-8-17-18-14(19(8)10-3-4-10)21-7-13(20)11-5-2-9(15)6-12(11)16/h2,5-6,10,13,20H,3-4,7H2,1H3. The van der Waals surface area contributed by atoms with Crippen molar-refractivity contribution in [3.05, 3.63) is 39.6 Å². The van der Waals surface area contributed by atoms with Gasteiger partial charge in [-0.15, -0.1) is 10.2 Å². The predicted molar refractivity (Wildman–Crippen MR) is 85.2 cm³/mol. The summed E-state index contributed by atoms with van der Waals surface area (Å²) >= 11 is 13.5. The number of aliphatic hydroxyl groups is 1. The van der Waals surface area contributed by atoms with E-state index >= 15 is 0 Å². The van der Waals surface area contributed by atoms with Crippen molar-refractivity contribution in [2.75, 3.05) is 5.75 Å². The number of aromatic nitrogens is 3. The second kappa shape index (κ2) is 6.16. The Balaban J connectivity index is 1.70. The molecule has 1 unspecified atom stereocenters. The molecule has 4 nitrogen and oxygen atoms in total. The second-order valence-corrected chi connectivity index (χ2v) is 6.95. The molecule has 1 N–H and O–H groups in total. The van der Waals surface area contributed by atoms with E-state index in [-0.39, 0.29) is 0 Å². The van der Waals surface area contributed by atoms with Gasteiger partial charge < -0.3 is 9.67 Å². The Hall–Kier alpha value is -0.750. The number of hydrogen-bond donors (Lipinski definition) is 1. The normalized spacial score (nSPS) is 16.2. The van der Waals surface area contributed by atoms with Crippen molar-refractivity contribution in [3.8, 4) is 0 Å². The topological polar surface area (TPSA) is 50.9 Å². The van der Waals surface area contributed by atoms with Crippen molar-refractivity contribution in [1.82, 2.24) is 14.8 Å². The number of nitrogens with zero attached hydrogens (tertiary/aromatic N) is 3. The monoisotopic (exact) mass is 343 g/mol. The first-order chi connectivity index (χ1) is 10.1. The number of hydrogen-bond acceptors (Lipinski definition) is 4. The molecule has 21 heavy (non-hydrogen) atoms. The van der Waals surface area contributed by atoms with Gasteiger partial charge in [-0.05, 0) is 31.9 Å². The summed E-state index contributed by atoms with van der Waals surface area (Å²) in [5, 5.41) is 20.5. The summed E-state index contributed by atoms with van der Waals surface area (Å²) < 4.78 is 2.15. The van der Waals surface area contributed by atoms with Crippen LogP contribution in [-0.4, -0.2) is 25.6 Å². The van der Waals surface area contributed by atoms with E-state index in [0.717, 1.165) is 11.0 Å². The lowest BCUT2D eigenvalue weighted by Gasteiger charge is -2.13. The molecule has 1 aliphatic carbocycles. The maximum atomic E-state index is 10.3. The molecule has 7 heteroatoms.